The Labute approximate surface area is 199 Å². The summed E-state index contributed by atoms with van der Waals surface area (Å²) in [7, 11) is 1.39. The van der Waals surface area contributed by atoms with Crippen molar-refractivity contribution in [3.63, 3.8) is 0 Å². The molecule has 2 aromatic rings. The van der Waals surface area contributed by atoms with Gasteiger partial charge in [0.1, 0.15) is 5.82 Å². The molecule has 0 bridgehead atoms. The highest BCUT2D eigenvalue weighted by Crippen LogP contribution is 2.38. The molecule has 0 radical (unpaired) electrons. The van der Waals surface area contributed by atoms with E-state index in [0.29, 0.717) is 50.9 Å². The zero-order chi connectivity index (χ0) is 24.7. The first kappa shape index (κ1) is 24.6. The summed E-state index contributed by atoms with van der Waals surface area (Å²) < 4.78 is 34.3. The van der Waals surface area contributed by atoms with Gasteiger partial charge in [0.15, 0.2) is 0 Å². The summed E-state index contributed by atoms with van der Waals surface area (Å²) in [6.07, 6.45) is 2.11. The number of methoxy groups -OCH3 is 1. The molecule has 186 valence electrons. The van der Waals surface area contributed by atoms with Gasteiger partial charge < -0.3 is 14.2 Å². The smallest absolute Gasteiger partial charge is 0.308 e. The largest absolute Gasteiger partial charge is 0.469 e. The van der Waals surface area contributed by atoms with Crippen LogP contribution >= 0.6 is 0 Å². The SMILES string of the molecule is COC(=O)C1CCN(C(=O)c2ccc3c(c2)nc(C(C)(C)C)n3CC2CCC(F)(F)CC2)CC1. The molecule has 6 nitrogen and oxygen atoms in total. The molecule has 2 fully saturated rings. The second-order valence-electron chi connectivity index (χ2n) is 10.9. The summed E-state index contributed by atoms with van der Waals surface area (Å²) in [5, 5.41) is 0. The van der Waals surface area contributed by atoms with Gasteiger partial charge in [0.2, 0.25) is 5.92 Å². The number of ether oxygens (including phenoxy) is 1. The van der Waals surface area contributed by atoms with Gasteiger partial charge >= 0.3 is 5.97 Å². The Morgan fingerprint density at radius 2 is 1.76 bits per heavy atom. The molecule has 4 rings (SSSR count). The summed E-state index contributed by atoms with van der Waals surface area (Å²) in [6, 6.07) is 5.60. The fraction of sp³-hybridized carbons (Fsp3) is 0.654. The number of piperidine rings is 1. The lowest BCUT2D eigenvalue weighted by atomic mass is 9.86. The first-order chi connectivity index (χ1) is 16.0. The maximum Gasteiger partial charge on any atom is 0.308 e. The quantitative estimate of drug-likeness (QED) is 0.572. The number of imidazole rings is 1. The molecule has 1 aliphatic heterocycles. The van der Waals surface area contributed by atoms with E-state index in [2.05, 4.69) is 25.3 Å². The molecule has 1 aliphatic carbocycles. The third-order valence-electron chi connectivity index (χ3n) is 7.26. The van der Waals surface area contributed by atoms with Gasteiger partial charge in [-0.2, -0.15) is 0 Å². The topological polar surface area (TPSA) is 64.4 Å². The Bertz CT molecular complexity index is 1060. The monoisotopic (exact) mass is 475 g/mol. The van der Waals surface area contributed by atoms with Crippen LogP contribution < -0.4 is 0 Å². The van der Waals surface area contributed by atoms with Crippen molar-refractivity contribution < 1.29 is 23.1 Å². The number of alkyl halides is 2. The lowest BCUT2D eigenvalue weighted by molar-refractivity contribution is -0.146. The van der Waals surface area contributed by atoms with Gasteiger partial charge in [-0.1, -0.05) is 20.8 Å². The van der Waals surface area contributed by atoms with Gasteiger partial charge in [-0.25, -0.2) is 13.8 Å². The van der Waals surface area contributed by atoms with Crippen LogP contribution in [0, 0.1) is 11.8 Å². The van der Waals surface area contributed by atoms with Crippen molar-refractivity contribution in [2.75, 3.05) is 20.2 Å². The number of hydrogen-bond donors (Lipinski definition) is 0. The predicted octanol–water partition coefficient (Wildman–Crippen LogP) is 5.18. The molecule has 0 N–H and O–H groups in total. The molecular formula is C26H35F2N3O3. The van der Waals surface area contributed by atoms with Crippen molar-refractivity contribution in [3.8, 4) is 0 Å². The number of halogens is 2. The Hall–Kier alpha value is -2.51. The van der Waals surface area contributed by atoms with Gasteiger partial charge in [-0.05, 0) is 49.8 Å². The lowest BCUT2D eigenvalue weighted by Gasteiger charge is -2.30. The Kier molecular flexibility index (Phi) is 6.71. The molecule has 1 aromatic heterocycles. The van der Waals surface area contributed by atoms with Crippen LogP contribution in [0.5, 0.6) is 0 Å². The number of fused-ring (bicyclic) bond motifs is 1. The summed E-state index contributed by atoms with van der Waals surface area (Å²) in [4.78, 5) is 31.6. The van der Waals surface area contributed by atoms with E-state index in [1.54, 1.807) is 4.90 Å². The molecule has 1 saturated heterocycles. The molecule has 1 amide bonds. The number of aromatic nitrogens is 2. The van der Waals surface area contributed by atoms with E-state index >= 15 is 0 Å². The minimum Gasteiger partial charge on any atom is -0.469 e. The molecule has 0 atom stereocenters. The fourth-order valence-electron chi connectivity index (χ4n) is 5.23. The van der Waals surface area contributed by atoms with Crippen LogP contribution in [0.25, 0.3) is 11.0 Å². The fourth-order valence-corrected chi connectivity index (χ4v) is 5.23. The van der Waals surface area contributed by atoms with Gasteiger partial charge in [0.25, 0.3) is 5.91 Å². The lowest BCUT2D eigenvalue weighted by Crippen LogP contribution is -2.40. The highest BCUT2D eigenvalue weighted by Gasteiger charge is 2.36. The molecule has 1 saturated carbocycles. The van der Waals surface area contributed by atoms with Crippen molar-refractivity contribution in [1.29, 1.82) is 0 Å². The first-order valence-electron chi connectivity index (χ1n) is 12.2. The standard InChI is InChI=1S/C26H35F2N3O3/c1-25(2,3)24-29-20-15-19(22(32)30-13-9-18(10-14-30)23(33)34-4)5-6-21(20)31(24)16-17-7-11-26(27,28)12-8-17/h5-6,15,17-18H,7-14,16H2,1-4H3. The summed E-state index contributed by atoms with van der Waals surface area (Å²) in [5.74, 6) is -1.87. The predicted molar refractivity (Wildman–Crippen MR) is 126 cm³/mol. The van der Waals surface area contributed by atoms with Crippen molar-refractivity contribution in [1.82, 2.24) is 14.5 Å². The van der Waals surface area contributed by atoms with E-state index in [4.69, 9.17) is 9.72 Å². The van der Waals surface area contributed by atoms with Crippen LogP contribution in [0.3, 0.4) is 0 Å². The maximum absolute atomic E-state index is 13.7. The number of esters is 1. The van der Waals surface area contributed by atoms with Gasteiger partial charge in [0.05, 0.1) is 24.1 Å². The molecule has 1 aromatic carbocycles. The second kappa shape index (κ2) is 9.27. The normalized spacial score (nSPS) is 20.0. The van der Waals surface area contributed by atoms with E-state index in [1.807, 2.05) is 18.2 Å². The van der Waals surface area contributed by atoms with E-state index in [0.717, 1.165) is 16.9 Å². The number of nitrogens with zero attached hydrogens (tertiary/aromatic N) is 3. The molecule has 34 heavy (non-hydrogen) atoms. The first-order valence-corrected chi connectivity index (χ1v) is 12.2. The Morgan fingerprint density at radius 1 is 1.12 bits per heavy atom. The average Bonchev–Trinajstić information content (AvgIpc) is 3.17. The van der Waals surface area contributed by atoms with Crippen LogP contribution in [0.15, 0.2) is 18.2 Å². The minimum atomic E-state index is -2.54. The highest BCUT2D eigenvalue weighted by molar-refractivity contribution is 5.97. The number of hydrogen-bond acceptors (Lipinski definition) is 4. The van der Waals surface area contributed by atoms with Crippen LogP contribution in [0.2, 0.25) is 0 Å². The maximum atomic E-state index is 13.7. The average molecular weight is 476 g/mol. The zero-order valence-electron chi connectivity index (χ0n) is 20.6. The highest BCUT2D eigenvalue weighted by atomic mass is 19.3. The van der Waals surface area contributed by atoms with Crippen LogP contribution in [0.1, 0.15) is 75.5 Å². The van der Waals surface area contributed by atoms with Crippen LogP contribution in [-0.2, 0) is 21.5 Å². The van der Waals surface area contributed by atoms with Gasteiger partial charge in [-0.3, -0.25) is 9.59 Å². The van der Waals surface area contributed by atoms with Crippen LogP contribution in [0.4, 0.5) is 8.78 Å². The summed E-state index contributed by atoms with van der Waals surface area (Å²) >= 11 is 0. The van der Waals surface area contributed by atoms with Crippen LogP contribution in [-0.4, -0.2) is 52.4 Å². The molecule has 2 aliphatic rings. The van der Waals surface area contributed by atoms with Crippen molar-refractivity contribution >= 4 is 22.9 Å². The van der Waals surface area contributed by atoms with Crippen molar-refractivity contribution in [2.24, 2.45) is 11.8 Å². The van der Waals surface area contributed by atoms with Crippen molar-refractivity contribution in [3.05, 3.63) is 29.6 Å². The number of carbonyl (C=O) groups excluding carboxylic acids is 2. The van der Waals surface area contributed by atoms with E-state index < -0.39 is 5.92 Å². The summed E-state index contributed by atoms with van der Waals surface area (Å²) in [6.45, 7) is 7.98. The number of benzene rings is 1. The van der Waals surface area contributed by atoms with E-state index in [9.17, 15) is 18.4 Å². The Balaban J connectivity index is 1.56. The molecular weight excluding hydrogens is 440 g/mol. The third kappa shape index (κ3) is 5.10. The van der Waals surface area contributed by atoms with E-state index in [1.165, 1.54) is 7.11 Å². The third-order valence-corrected chi connectivity index (χ3v) is 7.26. The minimum absolute atomic E-state index is 0.0551. The van der Waals surface area contributed by atoms with E-state index in [-0.39, 0.29) is 42.0 Å². The molecule has 0 unspecified atom stereocenters. The molecule has 2 heterocycles. The van der Waals surface area contributed by atoms with Gasteiger partial charge in [-0.15, -0.1) is 0 Å². The number of carbonyl (C=O) groups is 2. The van der Waals surface area contributed by atoms with Gasteiger partial charge in [0, 0.05) is 43.5 Å². The number of likely N-dealkylation sites (tertiary alicyclic amines) is 1. The molecule has 8 heteroatoms. The number of amides is 1. The number of rotatable bonds is 4. The second-order valence-corrected chi connectivity index (χ2v) is 10.9. The Morgan fingerprint density at radius 3 is 2.35 bits per heavy atom. The van der Waals surface area contributed by atoms with Crippen molar-refractivity contribution in [2.45, 2.75) is 77.2 Å². The molecule has 0 spiro atoms. The zero-order valence-corrected chi connectivity index (χ0v) is 20.6. The summed E-state index contributed by atoms with van der Waals surface area (Å²) in [5.41, 5.74) is 2.04.